The number of rotatable bonds is 7. The van der Waals surface area contributed by atoms with E-state index in [9.17, 15) is 5.11 Å². The van der Waals surface area contributed by atoms with Gasteiger partial charge in [0.1, 0.15) is 23.0 Å². The molecule has 0 spiro atoms. The number of benzene rings is 2. The molecule has 4 rings (SSSR count). The molecule has 0 aliphatic carbocycles. The van der Waals surface area contributed by atoms with E-state index in [0.717, 1.165) is 16.6 Å². The van der Waals surface area contributed by atoms with Gasteiger partial charge in [-0.3, -0.25) is 5.41 Å². The third-order valence-corrected chi connectivity index (χ3v) is 5.08. The van der Waals surface area contributed by atoms with E-state index in [1.165, 1.54) is 0 Å². The summed E-state index contributed by atoms with van der Waals surface area (Å²) >= 11 is 6.46. The van der Waals surface area contributed by atoms with E-state index in [1.54, 1.807) is 19.2 Å². The summed E-state index contributed by atoms with van der Waals surface area (Å²) in [5, 5.41) is 25.3. The van der Waals surface area contributed by atoms with Gasteiger partial charge in [0.15, 0.2) is 0 Å². The van der Waals surface area contributed by atoms with Crippen molar-refractivity contribution in [3.8, 4) is 11.5 Å². The van der Waals surface area contributed by atoms with Gasteiger partial charge in [0.05, 0.1) is 17.3 Å². The van der Waals surface area contributed by atoms with Crippen molar-refractivity contribution >= 4 is 39.7 Å². The summed E-state index contributed by atoms with van der Waals surface area (Å²) in [6.45, 7) is 0.392. The van der Waals surface area contributed by atoms with Crippen LogP contribution in [0.3, 0.4) is 0 Å². The molecule has 0 atom stereocenters. The van der Waals surface area contributed by atoms with E-state index in [1.807, 2.05) is 53.4 Å². The summed E-state index contributed by atoms with van der Waals surface area (Å²) in [6.07, 6.45) is 3.70. The fraction of sp³-hybridized carbons (Fsp3) is 0.136. The second-order valence-electron chi connectivity index (χ2n) is 6.69. The van der Waals surface area contributed by atoms with Gasteiger partial charge in [0, 0.05) is 42.6 Å². The Bertz CT molecular complexity index is 1200. The highest BCUT2D eigenvalue weighted by Gasteiger charge is 2.15. The van der Waals surface area contributed by atoms with Gasteiger partial charge >= 0.3 is 0 Å². The molecular weight excluding hydrogens is 402 g/mol. The summed E-state index contributed by atoms with van der Waals surface area (Å²) in [6, 6.07) is 14.9. The van der Waals surface area contributed by atoms with Gasteiger partial charge in [0.2, 0.25) is 0 Å². The number of aliphatic hydroxyl groups excluding tert-OH is 1. The summed E-state index contributed by atoms with van der Waals surface area (Å²) in [4.78, 5) is 3.16. The normalized spacial score (nSPS) is 10.9. The predicted molar refractivity (Wildman–Crippen MR) is 121 cm³/mol. The summed E-state index contributed by atoms with van der Waals surface area (Å²) < 4.78 is 7.84. The zero-order valence-electron chi connectivity index (χ0n) is 16.4. The number of ether oxygens (including phenoxy) is 1. The van der Waals surface area contributed by atoms with Crippen LogP contribution in [0, 0.1) is 5.41 Å². The Labute approximate surface area is 178 Å². The number of nitrogens with one attached hydrogen (secondary N) is 4. The quantitative estimate of drug-likeness (QED) is 0.216. The molecular formula is C22H22ClN5O2. The van der Waals surface area contributed by atoms with E-state index in [-0.39, 0.29) is 12.4 Å². The lowest BCUT2D eigenvalue weighted by Crippen LogP contribution is -2.19. The van der Waals surface area contributed by atoms with Crippen molar-refractivity contribution in [3.05, 3.63) is 71.6 Å². The summed E-state index contributed by atoms with van der Waals surface area (Å²) in [7, 11) is 1.80. The van der Waals surface area contributed by atoms with Crippen molar-refractivity contribution in [3.63, 3.8) is 0 Å². The molecule has 30 heavy (non-hydrogen) atoms. The lowest BCUT2D eigenvalue weighted by atomic mass is 10.2. The predicted octanol–water partition coefficient (Wildman–Crippen LogP) is 4.89. The molecule has 0 bridgehead atoms. The molecule has 0 unspecified atom stereocenters. The third-order valence-electron chi connectivity index (χ3n) is 4.79. The Morgan fingerprint density at radius 1 is 1.20 bits per heavy atom. The smallest absolute Gasteiger partial charge is 0.149 e. The van der Waals surface area contributed by atoms with Crippen LogP contribution in [0.4, 0.5) is 11.4 Å². The molecule has 0 fully saturated rings. The number of aliphatic hydroxyl groups is 1. The van der Waals surface area contributed by atoms with Crippen LogP contribution < -0.4 is 15.4 Å². The van der Waals surface area contributed by atoms with Crippen molar-refractivity contribution in [2.45, 2.75) is 6.54 Å². The number of aromatic amines is 1. The van der Waals surface area contributed by atoms with Crippen LogP contribution in [0.15, 0.2) is 60.9 Å². The van der Waals surface area contributed by atoms with Crippen molar-refractivity contribution < 1.29 is 9.84 Å². The van der Waals surface area contributed by atoms with E-state index < -0.39 is 0 Å². The van der Waals surface area contributed by atoms with Gasteiger partial charge in [-0.2, -0.15) is 0 Å². The Morgan fingerprint density at radius 3 is 2.83 bits per heavy atom. The lowest BCUT2D eigenvalue weighted by Gasteiger charge is -2.15. The zero-order chi connectivity index (χ0) is 21.1. The first-order valence-electron chi connectivity index (χ1n) is 9.48. The monoisotopic (exact) mass is 423 g/mol. The first-order valence-corrected chi connectivity index (χ1v) is 9.85. The van der Waals surface area contributed by atoms with E-state index in [0.29, 0.717) is 34.4 Å². The standard InChI is InChI=1S/C22H22ClN5O2/c1-25-18-8-10-28(11-12-29)21(18)22(24)27-14-5-6-20(16(23)13-14)30-19-4-2-3-17-15(19)7-9-26-17/h2-10,13,25-26,29H,11-12H2,1H3,(H2,24,27). The second kappa shape index (κ2) is 8.52. The van der Waals surface area contributed by atoms with Crippen molar-refractivity contribution in [2.24, 2.45) is 0 Å². The molecule has 0 amide bonds. The number of hydrogen-bond donors (Lipinski definition) is 5. The number of nitrogens with zero attached hydrogens (tertiary/aromatic N) is 1. The average Bonchev–Trinajstić information content (AvgIpc) is 3.37. The maximum Gasteiger partial charge on any atom is 0.149 e. The first-order chi connectivity index (χ1) is 14.6. The molecule has 2 aromatic heterocycles. The van der Waals surface area contributed by atoms with Crippen molar-refractivity contribution in [1.29, 1.82) is 5.41 Å². The minimum atomic E-state index is -0.0100. The molecule has 4 aromatic rings. The van der Waals surface area contributed by atoms with Crippen LogP contribution in [-0.4, -0.2) is 34.1 Å². The van der Waals surface area contributed by atoms with E-state index in [4.69, 9.17) is 21.7 Å². The van der Waals surface area contributed by atoms with Crippen LogP contribution in [0.5, 0.6) is 11.5 Å². The van der Waals surface area contributed by atoms with Crippen LogP contribution in [0.1, 0.15) is 5.69 Å². The Kier molecular flexibility index (Phi) is 5.65. The van der Waals surface area contributed by atoms with Gasteiger partial charge in [-0.05, 0) is 42.5 Å². The highest BCUT2D eigenvalue weighted by atomic mass is 35.5. The van der Waals surface area contributed by atoms with Gasteiger partial charge in [-0.15, -0.1) is 0 Å². The molecule has 7 nitrogen and oxygen atoms in total. The highest BCUT2D eigenvalue weighted by Crippen LogP contribution is 2.35. The molecule has 2 aromatic carbocycles. The Hall–Kier alpha value is -3.42. The maximum atomic E-state index is 9.27. The fourth-order valence-electron chi connectivity index (χ4n) is 3.38. The van der Waals surface area contributed by atoms with Gasteiger partial charge in [-0.25, -0.2) is 0 Å². The second-order valence-corrected chi connectivity index (χ2v) is 7.09. The first kappa shape index (κ1) is 19.9. The highest BCUT2D eigenvalue weighted by molar-refractivity contribution is 6.32. The molecule has 8 heteroatoms. The van der Waals surface area contributed by atoms with Crippen LogP contribution in [-0.2, 0) is 6.54 Å². The van der Waals surface area contributed by atoms with Gasteiger partial charge in [0.25, 0.3) is 0 Å². The number of H-pyrrole nitrogens is 1. The molecule has 0 radical (unpaired) electrons. The number of aromatic nitrogens is 2. The molecule has 154 valence electrons. The zero-order valence-corrected chi connectivity index (χ0v) is 17.1. The third kappa shape index (κ3) is 3.85. The Balaban J connectivity index is 1.55. The van der Waals surface area contributed by atoms with Crippen molar-refractivity contribution in [1.82, 2.24) is 9.55 Å². The van der Waals surface area contributed by atoms with Crippen molar-refractivity contribution in [2.75, 3.05) is 24.3 Å². The minimum Gasteiger partial charge on any atom is -0.455 e. The SMILES string of the molecule is CNc1ccn(CCO)c1C(=N)Nc1ccc(Oc2cccc3[nH]ccc23)c(Cl)c1. The molecule has 0 saturated carbocycles. The van der Waals surface area contributed by atoms with E-state index in [2.05, 4.69) is 15.6 Å². The summed E-state index contributed by atoms with van der Waals surface area (Å²) in [5.41, 5.74) is 3.10. The average molecular weight is 424 g/mol. The molecule has 0 aliphatic heterocycles. The number of anilines is 2. The lowest BCUT2D eigenvalue weighted by molar-refractivity contribution is 0.276. The number of hydrogen-bond acceptors (Lipinski definition) is 4. The molecule has 0 saturated heterocycles. The fourth-order valence-corrected chi connectivity index (χ4v) is 3.59. The number of amidine groups is 1. The van der Waals surface area contributed by atoms with Gasteiger partial charge in [-0.1, -0.05) is 17.7 Å². The van der Waals surface area contributed by atoms with E-state index >= 15 is 0 Å². The molecule has 5 N–H and O–H groups in total. The van der Waals surface area contributed by atoms with Crippen LogP contribution in [0.25, 0.3) is 10.9 Å². The topological polar surface area (TPSA) is 98.1 Å². The number of halogens is 1. The van der Waals surface area contributed by atoms with Crippen LogP contribution in [0.2, 0.25) is 5.02 Å². The Morgan fingerprint density at radius 2 is 2.07 bits per heavy atom. The van der Waals surface area contributed by atoms with Gasteiger partial charge < -0.3 is 30.0 Å². The number of fused-ring (bicyclic) bond motifs is 1. The summed E-state index contributed by atoms with van der Waals surface area (Å²) in [5.74, 6) is 1.44. The van der Waals surface area contributed by atoms with Crippen LogP contribution >= 0.6 is 11.6 Å². The molecule has 0 aliphatic rings. The minimum absolute atomic E-state index is 0.0100. The largest absolute Gasteiger partial charge is 0.455 e. The maximum absolute atomic E-state index is 9.27. The molecule has 2 heterocycles.